The van der Waals surface area contributed by atoms with Crippen molar-refractivity contribution in [3.05, 3.63) is 18.0 Å². The molecule has 5 heteroatoms. The number of aromatic nitrogens is 2. The zero-order valence-corrected chi connectivity index (χ0v) is 7.09. The second-order valence-electron chi connectivity index (χ2n) is 2.48. The minimum Gasteiger partial charge on any atom is -0.341 e. The number of amides is 2. The lowest BCUT2D eigenvalue weighted by molar-refractivity contribution is 0.240. The van der Waals surface area contributed by atoms with Crippen LogP contribution >= 0.6 is 0 Å². The third kappa shape index (κ3) is 1.98. The van der Waals surface area contributed by atoms with Crippen LogP contribution in [0.3, 0.4) is 0 Å². The Balaban J connectivity index is 2.49. The van der Waals surface area contributed by atoms with E-state index in [2.05, 4.69) is 20.8 Å². The van der Waals surface area contributed by atoms with Crippen molar-refractivity contribution in [1.82, 2.24) is 20.8 Å². The number of hydrogen-bond donors (Lipinski definition) is 3. The zero-order valence-electron chi connectivity index (χ0n) is 7.09. The normalized spacial score (nSPS) is 12.2. The SMILES string of the molecule is CNC(=O)NC(C)c1cn[nH]c1. The number of carbonyl (C=O) groups is 1. The number of hydrogen-bond acceptors (Lipinski definition) is 2. The molecule has 0 spiro atoms. The van der Waals surface area contributed by atoms with Gasteiger partial charge in [-0.3, -0.25) is 5.10 Å². The Morgan fingerprint density at radius 3 is 3.00 bits per heavy atom. The predicted octanol–water partition coefficient (Wildman–Crippen LogP) is 0.400. The highest BCUT2D eigenvalue weighted by atomic mass is 16.2. The molecule has 1 atom stereocenters. The van der Waals surface area contributed by atoms with Gasteiger partial charge in [-0.2, -0.15) is 5.10 Å². The maximum absolute atomic E-state index is 10.9. The second kappa shape index (κ2) is 3.75. The third-order valence-electron chi connectivity index (χ3n) is 1.59. The van der Waals surface area contributed by atoms with E-state index in [0.717, 1.165) is 5.56 Å². The molecule has 5 nitrogen and oxygen atoms in total. The van der Waals surface area contributed by atoms with Gasteiger partial charge in [0, 0.05) is 18.8 Å². The van der Waals surface area contributed by atoms with Crippen LogP contribution in [0.5, 0.6) is 0 Å². The van der Waals surface area contributed by atoms with Gasteiger partial charge in [-0.15, -0.1) is 0 Å². The summed E-state index contributed by atoms with van der Waals surface area (Å²) < 4.78 is 0. The lowest BCUT2D eigenvalue weighted by Crippen LogP contribution is -2.34. The summed E-state index contributed by atoms with van der Waals surface area (Å²) in [5.74, 6) is 0. The van der Waals surface area contributed by atoms with Gasteiger partial charge in [0.2, 0.25) is 0 Å². The van der Waals surface area contributed by atoms with E-state index in [4.69, 9.17) is 0 Å². The van der Waals surface area contributed by atoms with Gasteiger partial charge in [0.1, 0.15) is 0 Å². The maximum atomic E-state index is 10.9. The number of rotatable bonds is 2. The summed E-state index contributed by atoms with van der Waals surface area (Å²) >= 11 is 0. The van der Waals surface area contributed by atoms with Crippen LogP contribution in [0.1, 0.15) is 18.5 Å². The third-order valence-corrected chi connectivity index (χ3v) is 1.59. The highest BCUT2D eigenvalue weighted by molar-refractivity contribution is 5.73. The van der Waals surface area contributed by atoms with Crippen molar-refractivity contribution < 1.29 is 4.79 Å². The summed E-state index contributed by atoms with van der Waals surface area (Å²) in [7, 11) is 1.58. The molecule has 3 N–H and O–H groups in total. The first-order chi connectivity index (χ1) is 5.74. The fraction of sp³-hybridized carbons (Fsp3) is 0.429. The molecule has 0 fully saturated rings. The number of nitrogens with zero attached hydrogens (tertiary/aromatic N) is 1. The summed E-state index contributed by atoms with van der Waals surface area (Å²) in [5.41, 5.74) is 0.957. The molecule has 12 heavy (non-hydrogen) atoms. The Morgan fingerprint density at radius 1 is 1.75 bits per heavy atom. The van der Waals surface area contributed by atoms with Crippen LogP contribution in [0.2, 0.25) is 0 Å². The molecule has 0 aliphatic heterocycles. The lowest BCUT2D eigenvalue weighted by atomic mass is 10.2. The Labute approximate surface area is 70.5 Å². The summed E-state index contributed by atoms with van der Waals surface area (Å²) in [6.07, 6.45) is 3.43. The van der Waals surface area contributed by atoms with Crippen molar-refractivity contribution >= 4 is 6.03 Å². The largest absolute Gasteiger partial charge is 0.341 e. The van der Waals surface area contributed by atoms with Crippen molar-refractivity contribution in [3.63, 3.8) is 0 Å². The topological polar surface area (TPSA) is 69.8 Å². The molecule has 0 saturated heterocycles. The molecule has 0 bridgehead atoms. The maximum Gasteiger partial charge on any atom is 0.315 e. The highest BCUT2D eigenvalue weighted by Gasteiger charge is 2.07. The van der Waals surface area contributed by atoms with Crippen LogP contribution in [0.4, 0.5) is 4.79 Å². The smallest absolute Gasteiger partial charge is 0.315 e. The molecule has 0 saturated carbocycles. The van der Waals surface area contributed by atoms with Crippen LogP contribution in [0.25, 0.3) is 0 Å². The number of carbonyl (C=O) groups excluding carboxylic acids is 1. The van der Waals surface area contributed by atoms with E-state index in [1.165, 1.54) is 0 Å². The van der Waals surface area contributed by atoms with Gasteiger partial charge >= 0.3 is 6.03 Å². The predicted molar refractivity (Wildman–Crippen MR) is 44.6 cm³/mol. The minimum absolute atomic E-state index is 0.0244. The van der Waals surface area contributed by atoms with Gasteiger partial charge in [-0.25, -0.2) is 4.79 Å². The van der Waals surface area contributed by atoms with Crippen molar-refractivity contribution in [1.29, 1.82) is 0 Å². The molecule has 0 aliphatic carbocycles. The standard InChI is InChI=1S/C7H12N4O/c1-5(11-7(12)8-2)6-3-9-10-4-6/h3-5H,1-2H3,(H,9,10)(H2,8,11,12). The Hall–Kier alpha value is -1.52. The molecule has 0 radical (unpaired) electrons. The van der Waals surface area contributed by atoms with E-state index in [1.807, 2.05) is 6.92 Å². The number of nitrogens with one attached hydrogen (secondary N) is 3. The molecule has 1 unspecified atom stereocenters. The van der Waals surface area contributed by atoms with Gasteiger partial charge in [0.25, 0.3) is 0 Å². The fourth-order valence-electron chi connectivity index (χ4n) is 0.850. The van der Waals surface area contributed by atoms with Crippen molar-refractivity contribution in [3.8, 4) is 0 Å². The van der Waals surface area contributed by atoms with Crippen molar-refractivity contribution in [2.45, 2.75) is 13.0 Å². The van der Waals surface area contributed by atoms with Crippen LogP contribution < -0.4 is 10.6 Å². The Bertz CT molecular complexity index is 244. The molecule has 1 heterocycles. The second-order valence-corrected chi connectivity index (χ2v) is 2.48. The summed E-state index contributed by atoms with van der Waals surface area (Å²) in [4.78, 5) is 10.9. The first-order valence-corrected chi connectivity index (χ1v) is 3.71. The number of urea groups is 1. The van der Waals surface area contributed by atoms with Crippen molar-refractivity contribution in [2.75, 3.05) is 7.05 Å². The molecule has 1 aromatic rings. The lowest BCUT2D eigenvalue weighted by Gasteiger charge is -2.10. The van der Waals surface area contributed by atoms with E-state index >= 15 is 0 Å². The van der Waals surface area contributed by atoms with Crippen LogP contribution in [0.15, 0.2) is 12.4 Å². The van der Waals surface area contributed by atoms with Crippen molar-refractivity contribution in [2.24, 2.45) is 0 Å². The van der Waals surface area contributed by atoms with Crippen LogP contribution in [-0.2, 0) is 0 Å². The van der Waals surface area contributed by atoms with Gasteiger partial charge in [-0.1, -0.05) is 0 Å². The number of aromatic amines is 1. The van der Waals surface area contributed by atoms with E-state index in [-0.39, 0.29) is 12.1 Å². The van der Waals surface area contributed by atoms with E-state index < -0.39 is 0 Å². The first kappa shape index (κ1) is 8.58. The molecule has 0 aliphatic rings. The molecule has 2 amide bonds. The van der Waals surface area contributed by atoms with Gasteiger partial charge in [0.15, 0.2) is 0 Å². The molecule has 66 valence electrons. The fourth-order valence-corrected chi connectivity index (χ4v) is 0.850. The molecular weight excluding hydrogens is 156 g/mol. The average Bonchev–Trinajstić information content (AvgIpc) is 2.56. The van der Waals surface area contributed by atoms with E-state index in [9.17, 15) is 4.79 Å². The number of H-pyrrole nitrogens is 1. The van der Waals surface area contributed by atoms with Gasteiger partial charge in [0.05, 0.1) is 12.2 Å². The first-order valence-electron chi connectivity index (χ1n) is 3.71. The molecule has 0 aromatic carbocycles. The van der Waals surface area contributed by atoms with Crippen LogP contribution in [0, 0.1) is 0 Å². The minimum atomic E-state index is -0.191. The zero-order chi connectivity index (χ0) is 8.97. The van der Waals surface area contributed by atoms with E-state index in [0.29, 0.717) is 0 Å². The molecular formula is C7H12N4O. The van der Waals surface area contributed by atoms with Gasteiger partial charge < -0.3 is 10.6 Å². The molecule has 1 rings (SSSR count). The average molecular weight is 168 g/mol. The van der Waals surface area contributed by atoms with Gasteiger partial charge in [-0.05, 0) is 6.92 Å². The summed E-state index contributed by atoms with van der Waals surface area (Å²) in [5, 5.41) is 11.7. The van der Waals surface area contributed by atoms with E-state index in [1.54, 1.807) is 19.4 Å². The highest BCUT2D eigenvalue weighted by Crippen LogP contribution is 2.07. The summed E-state index contributed by atoms with van der Waals surface area (Å²) in [6, 6.07) is -0.215. The Kier molecular flexibility index (Phi) is 2.68. The van der Waals surface area contributed by atoms with Crippen LogP contribution in [-0.4, -0.2) is 23.3 Å². The Morgan fingerprint density at radius 2 is 2.50 bits per heavy atom. The quantitative estimate of drug-likeness (QED) is 0.598. The monoisotopic (exact) mass is 168 g/mol. The summed E-state index contributed by atoms with van der Waals surface area (Å²) in [6.45, 7) is 1.89. The molecule has 1 aromatic heterocycles.